The van der Waals surface area contributed by atoms with Crippen LogP contribution in [0.15, 0.2) is 18.2 Å². The average molecular weight is 210 g/mol. The second-order valence-corrected chi connectivity index (χ2v) is 3.96. The van der Waals surface area contributed by atoms with Gasteiger partial charge in [0.25, 0.3) is 0 Å². The number of aliphatic hydroxyl groups is 1. The molecule has 3 heteroatoms. The monoisotopic (exact) mass is 210 g/mol. The molecule has 2 rings (SSSR count). The smallest absolute Gasteiger partial charge is 0.125 e. The normalized spacial score (nSPS) is 24.5. The molecule has 0 saturated heterocycles. The van der Waals surface area contributed by atoms with Crippen molar-refractivity contribution in [1.82, 2.24) is 0 Å². The molecule has 82 valence electrons. The predicted octanol–water partition coefficient (Wildman–Crippen LogP) is 2.81. The summed E-state index contributed by atoms with van der Waals surface area (Å²) in [6, 6.07) is 4.30. The van der Waals surface area contributed by atoms with E-state index in [1.54, 1.807) is 6.07 Å². The lowest BCUT2D eigenvalue weighted by atomic mass is 9.97. The van der Waals surface area contributed by atoms with Crippen LogP contribution in [0.5, 0.6) is 5.75 Å². The molecule has 1 aromatic rings. The predicted molar refractivity (Wildman–Crippen MR) is 55.3 cm³/mol. The van der Waals surface area contributed by atoms with Crippen molar-refractivity contribution in [2.75, 3.05) is 0 Å². The van der Waals surface area contributed by atoms with Gasteiger partial charge >= 0.3 is 0 Å². The molecule has 0 saturated carbocycles. The number of fused-ring (bicyclic) bond motifs is 1. The van der Waals surface area contributed by atoms with Gasteiger partial charge in [0.1, 0.15) is 17.7 Å². The van der Waals surface area contributed by atoms with E-state index < -0.39 is 6.10 Å². The first-order valence-corrected chi connectivity index (χ1v) is 5.35. The van der Waals surface area contributed by atoms with Crippen LogP contribution in [0.1, 0.15) is 37.9 Å². The second kappa shape index (κ2) is 4.19. The summed E-state index contributed by atoms with van der Waals surface area (Å²) in [5.74, 6) is 0.291. The lowest BCUT2D eigenvalue weighted by Crippen LogP contribution is -2.25. The van der Waals surface area contributed by atoms with Crippen LogP contribution in [0.3, 0.4) is 0 Å². The zero-order valence-electron chi connectivity index (χ0n) is 8.74. The average Bonchev–Trinajstić information content (AvgIpc) is 2.20. The molecule has 1 N–H and O–H groups in total. The fraction of sp³-hybridized carbons (Fsp3) is 0.500. The Morgan fingerprint density at radius 3 is 3.07 bits per heavy atom. The molecule has 15 heavy (non-hydrogen) atoms. The second-order valence-electron chi connectivity index (χ2n) is 3.96. The number of ether oxygens (including phenoxy) is 1. The van der Waals surface area contributed by atoms with Gasteiger partial charge in [0.15, 0.2) is 0 Å². The van der Waals surface area contributed by atoms with Gasteiger partial charge in [-0.3, -0.25) is 0 Å². The minimum Gasteiger partial charge on any atom is -0.490 e. The number of rotatable bonds is 2. The fourth-order valence-corrected chi connectivity index (χ4v) is 1.99. The van der Waals surface area contributed by atoms with E-state index in [0.717, 1.165) is 12.8 Å². The summed E-state index contributed by atoms with van der Waals surface area (Å²) in [7, 11) is 0. The molecule has 1 heterocycles. The van der Waals surface area contributed by atoms with Crippen LogP contribution in [-0.4, -0.2) is 11.2 Å². The maximum Gasteiger partial charge on any atom is 0.125 e. The van der Waals surface area contributed by atoms with Gasteiger partial charge in [-0.25, -0.2) is 4.39 Å². The van der Waals surface area contributed by atoms with Gasteiger partial charge in [-0.05, 0) is 24.6 Å². The summed E-state index contributed by atoms with van der Waals surface area (Å²) < 4.78 is 18.6. The lowest BCUT2D eigenvalue weighted by molar-refractivity contribution is 0.0611. The Labute approximate surface area is 88.7 Å². The largest absolute Gasteiger partial charge is 0.490 e. The Kier molecular flexibility index (Phi) is 2.91. The molecule has 0 amide bonds. The zero-order valence-corrected chi connectivity index (χ0v) is 8.74. The summed E-state index contributed by atoms with van der Waals surface area (Å²) in [6.07, 6.45) is 1.97. The molecule has 1 aliphatic rings. The highest BCUT2D eigenvalue weighted by molar-refractivity contribution is 5.37. The van der Waals surface area contributed by atoms with Crippen molar-refractivity contribution in [3.8, 4) is 5.75 Å². The molecule has 2 nitrogen and oxygen atoms in total. The Balaban J connectivity index is 2.24. The quantitative estimate of drug-likeness (QED) is 0.813. The summed E-state index contributed by atoms with van der Waals surface area (Å²) in [4.78, 5) is 0. The number of aliphatic hydroxyl groups excluding tert-OH is 1. The topological polar surface area (TPSA) is 29.5 Å². The minimum atomic E-state index is -0.596. The van der Waals surface area contributed by atoms with Crippen LogP contribution in [0, 0.1) is 5.82 Å². The van der Waals surface area contributed by atoms with E-state index >= 15 is 0 Å². The van der Waals surface area contributed by atoms with E-state index in [1.807, 2.05) is 0 Å². The molecule has 2 unspecified atom stereocenters. The van der Waals surface area contributed by atoms with Crippen LogP contribution >= 0.6 is 0 Å². The van der Waals surface area contributed by atoms with Crippen LogP contribution in [-0.2, 0) is 0 Å². The van der Waals surface area contributed by atoms with E-state index in [2.05, 4.69) is 6.92 Å². The van der Waals surface area contributed by atoms with Gasteiger partial charge in [-0.1, -0.05) is 13.3 Å². The number of benzene rings is 1. The van der Waals surface area contributed by atoms with Crippen LogP contribution in [0.4, 0.5) is 4.39 Å². The summed E-state index contributed by atoms with van der Waals surface area (Å²) >= 11 is 0. The summed E-state index contributed by atoms with van der Waals surface area (Å²) in [5.41, 5.74) is 0.572. The third-order valence-electron chi connectivity index (χ3n) is 2.72. The summed E-state index contributed by atoms with van der Waals surface area (Å²) in [5, 5.41) is 9.84. The van der Waals surface area contributed by atoms with E-state index in [-0.39, 0.29) is 11.9 Å². The van der Waals surface area contributed by atoms with Crippen molar-refractivity contribution >= 4 is 0 Å². The standard InChI is InChI=1S/C12H15FO2/c1-2-3-9-7-11(14)10-6-8(13)4-5-12(10)15-9/h4-6,9,11,14H,2-3,7H2,1H3. The van der Waals surface area contributed by atoms with Gasteiger partial charge in [-0.2, -0.15) is 0 Å². The molecule has 0 fully saturated rings. The van der Waals surface area contributed by atoms with Gasteiger partial charge in [-0.15, -0.1) is 0 Å². The van der Waals surface area contributed by atoms with E-state index in [0.29, 0.717) is 17.7 Å². The molecule has 2 atom stereocenters. The molecule has 1 aromatic carbocycles. The van der Waals surface area contributed by atoms with E-state index in [1.165, 1.54) is 12.1 Å². The first-order chi connectivity index (χ1) is 7.20. The lowest BCUT2D eigenvalue weighted by Gasteiger charge is -2.29. The third-order valence-corrected chi connectivity index (χ3v) is 2.72. The number of halogens is 1. The molecule has 0 bridgehead atoms. The summed E-state index contributed by atoms with van der Waals surface area (Å²) in [6.45, 7) is 2.08. The van der Waals surface area contributed by atoms with Gasteiger partial charge < -0.3 is 9.84 Å². The molecular formula is C12H15FO2. The van der Waals surface area contributed by atoms with E-state index in [4.69, 9.17) is 4.74 Å². The van der Waals surface area contributed by atoms with Crippen molar-refractivity contribution in [1.29, 1.82) is 0 Å². The molecular weight excluding hydrogens is 195 g/mol. The van der Waals surface area contributed by atoms with Crippen LogP contribution in [0.2, 0.25) is 0 Å². The van der Waals surface area contributed by atoms with Gasteiger partial charge in [0.05, 0.1) is 6.10 Å². The van der Waals surface area contributed by atoms with Crippen molar-refractivity contribution in [2.24, 2.45) is 0 Å². The Hall–Kier alpha value is -1.09. The SMILES string of the molecule is CCCC1CC(O)c2cc(F)ccc2O1. The third kappa shape index (κ3) is 2.12. The highest BCUT2D eigenvalue weighted by Crippen LogP contribution is 2.36. The molecule has 0 radical (unpaired) electrons. The first kappa shape index (κ1) is 10.4. The van der Waals surface area contributed by atoms with Crippen molar-refractivity contribution in [2.45, 2.75) is 38.4 Å². The van der Waals surface area contributed by atoms with Gasteiger partial charge in [0.2, 0.25) is 0 Å². The Morgan fingerprint density at radius 1 is 1.53 bits per heavy atom. The van der Waals surface area contributed by atoms with Gasteiger partial charge in [0, 0.05) is 12.0 Å². The van der Waals surface area contributed by atoms with Crippen molar-refractivity contribution in [3.63, 3.8) is 0 Å². The number of hydrogen-bond acceptors (Lipinski definition) is 2. The highest BCUT2D eigenvalue weighted by Gasteiger charge is 2.26. The zero-order chi connectivity index (χ0) is 10.8. The first-order valence-electron chi connectivity index (χ1n) is 5.35. The Bertz CT molecular complexity index is 351. The van der Waals surface area contributed by atoms with Crippen LogP contribution in [0.25, 0.3) is 0 Å². The number of hydrogen-bond donors (Lipinski definition) is 1. The molecule has 1 aliphatic heterocycles. The fourth-order valence-electron chi connectivity index (χ4n) is 1.99. The molecule has 0 spiro atoms. The molecule has 0 aromatic heterocycles. The van der Waals surface area contributed by atoms with E-state index in [9.17, 15) is 9.50 Å². The highest BCUT2D eigenvalue weighted by atomic mass is 19.1. The molecule has 0 aliphatic carbocycles. The minimum absolute atomic E-state index is 0.0583. The maximum atomic E-state index is 12.9. The van der Waals surface area contributed by atoms with Crippen LogP contribution < -0.4 is 4.74 Å². The maximum absolute atomic E-state index is 12.9. The van der Waals surface area contributed by atoms with Crippen molar-refractivity contribution < 1.29 is 14.2 Å². The Morgan fingerprint density at radius 2 is 2.33 bits per heavy atom. The van der Waals surface area contributed by atoms with Crippen molar-refractivity contribution in [3.05, 3.63) is 29.6 Å².